The van der Waals surface area contributed by atoms with Crippen LogP contribution in [0.15, 0.2) is 12.3 Å². The summed E-state index contributed by atoms with van der Waals surface area (Å²) in [5.74, 6) is 3.36. The van der Waals surface area contributed by atoms with E-state index in [9.17, 15) is 0 Å². The number of terminal acetylenes is 1. The first kappa shape index (κ1) is 13.9. The van der Waals surface area contributed by atoms with Gasteiger partial charge in [-0.2, -0.15) is 5.10 Å². The van der Waals surface area contributed by atoms with Gasteiger partial charge in [0.05, 0.1) is 11.1 Å². The zero-order valence-electron chi connectivity index (χ0n) is 12.4. The highest BCUT2D eigenvalue weighted by molar-refractivity contribution is 5.91. The number of anilines is 1. The average Bonchev–Trinajstić information content (AvgIpc) is 2.84. The van der Waals surface area contributed by atoms with E-state index >= 15 is 0 Å². The van der Waals surface area contributed by atoms with Crippen molar-refractivity contribution in [1.82, 2.24) is 20.1 Å². The number of aromatic nitrogens is 3. The van der Waals surface area contributed by atoms with Gasteiger partial charge in [-0.05, 0) is 44.8 Å². The van der Waals surface area contributed by atoms with Crippen LogP contribution in [0.4, 0.5) is 5.69 Å². The minimum atomic E-state index is 0.453. The number of rotatable bonds is 4. The lowest BCUT2D eigenvalue weighted by atomic mass is 9.98. The van der Waals surface area contributed by atoms with Crippen molar-refractivity contribution in [2.24, 2.45) is 5.92 Å². The quantitative estimate of drug-likeness (QED) is 0.840. The van der Waals surface area contributed by atoms with Gasteiger partial charge < -0.3 is 10.6 Å². The maximum absolute atomic E-state index is 5.39. The number of fused-ring (bicyclic) bond motifs is 1. The van der Waals surface area contributed by atoms with Crippen LogP contribution in [0.5, 0.6) is 0 Å². The number of aryl methyl sites for hydroxylation is 1. The fraction of sp³-hybridized carbons (Fsp3) is 0.500. The van der Waals surface area contributed by atoms with Gasteiger partial charge in [-0.3, -0.25) is 0 Å². The molecule has 0 radical (unpaired) electrons. The number of nitrogens with zero attached hydrogens (tertiary/aromatic N) is 3. The van der Waals surface area contributed by atoms with E-state index in [1.807, 2.05) is 19.2 Å². The van der Waals surface area contributed by atoms with Crippen molar-refractivity contribution in [3.8, 4) is 12.3 Å². The van der Waals surface area contributed by atoms with Crippen molar-refractivity contribution in [3.63, 3.8) is 0 Å². The molecule has 0 atom stereocenters. The standard InChI is InChI=1S/C16H21N5/c1-3-10-21-16-15(12(2)20-21)14(6-9-18-16)19-11-13-4-7-17-8-5-13/h1,6,9,13,17H,4-5,7-8,10-11H2,2H3,(H,18,19). The number of hydrogen-bond acceptors (Lipinski definition) is 4. The summed E-state index contributed by atoms with van der Waals surface area (Å²) in [7, 11) is 0. The molecule has 0 spiro atoms. The molecule has 1 aliphatic rings. The Bertz CT molecular complexity index is 661. The number of piperidine rings is 1. The lowest BCUT2D eigenvalue weighted by Crippen LogP contribution is -2.31. The molecule has 2 aromatic rings. The number of nitrogens with one attached hydrogen (secondary N) is 2. The van der Waals surface area contributed by atoms with Gasteiger partial charge in [0, 0.05) is 18.4 Å². The largest absolute Gasteiger partial charge is 0.384 e. The van der Waals surface area contributed by atoms with E-state index in [2.05, 4.69) is 26.6 Å². The van der Waals surface area contributed by atoms with E-state index in [1.165, 1.54) is 12.8 Å². The van der Waals surface area contributed by atoms with Crippen molar-refractivity contribution in [2.45, 2.75) is 26.3 Å². The van der Waals surface area contributed by atoms with Crippen LogP contribution >= 0.6 is 0 Å². The second-order valence-electron chi connectivity index (χ2n) is 5.58. The van der Waals surface area contributed by atoms with Gasteiger partial charge in [0.15, 0.2) is 5.65 Å². The topological polar surface area (TPSA) is 54.8 Å². The van der Waals surface area contributed by atoms with Gasteiger partial charge in [0.25, 0.3) is 0 Å². The SMILES string of the molecule is C#CCn1nc(C)c2c(NCC3CCNCC3)ccnc21. The Morgan fingerprint density at radius 3 is 3.05 bits per heavy atom. The van der Waals surface area contributed by atoms with Crippen LogP contribution in [-0.4, -0.2) is 34.4 Å². The Kier molecular flexibility index (Phi) is 4.07. The molecule has 2 N–H and O–H groups in total. The van der Waals surface area contributed by atoms with E-state index in [1.54, 1.807) is 4.68 Å². The minimum absolute atomic E-state index is 0.453. The summed E-state index contributed by atoms with van der Waals surface area (Å²) in [5, 5.41) is 12.6. The first-order valence-electron chi connectivity index (χ1n) is 7.49. The zero-order valence-corrected chi connectivity index (χ0v) is 12.4. The molecule has 0 amide bonds. The summed E-state index contributed by atoms with van der Waals surface area (Å²) >= 11 is 0. The maximum atomic E-state index is 5.39. The number of hydrogen-bond donors (Lipinski definition) is 2. The molecular formula is C16H21N5. The molecule has 3 rings (SSSR count). The molecule has 110 valence electrons. The van der Waals surface area contributed by atoms with Crippen LogP contribution in [-0.2, 0) is 6.54 Å². The van der Waals surface area contributed by atoms with Gasteiger partial charge >= 0.3 is 0 Å². The van der Waals surface area contributed by atoms with E-state index in [0.29, 0.717) is 6.54 Å². The van der Waals surface area contributed by atoms with Gasteiger partial charge in [0.2, 0.25) is 0 Å². The third kappa shape index (κ3) is 2.86. The van der Waals surface area contributed by atoms with Crippen LogP contribution in [0.1, 0.15) is 18.5 Å². The minimum Gasteiger partial charge on any atom is -0.384 e. The third-order valence-electron chi connectivity index (χ3n) is 4.09. The van der Waals surface area contributed by atoms with Gasteiger partial charge in [-0.1, -0.05) is 5.92 Å². The van der Waals surface area contributed by atoms with Crippen LogP contribution in [0.25, 0.3) is 11.0 Å². The van der Waals surface area contributed by atoms with Crippen molar-refractivity contribution in [1.29, 1.82) is 0 Å². The molecular weight excluding hydrogens is 262 g/mol. The van der Waals surface area contributed by atoms with Crippen LogP contribution in [0.2, 0.25) is 0 Å². The van der Waals surface area contributed by atoms with Gasteiger partial charge in [-0.25, -0.2) is 9.67 Å². The fourth-order valence-corrected chi connectivity index (χ4v) is 2.97. The van der Waals surface area contributed by atoms with Crippen molar-refractivity contribution in [2.75, 3.05) is 25.0 Å². The second kappa shape index (κ2) is 6.15. The number of pyridine rings is 1. The summed E-state index contributed by atoms with van der Waals surface area (Å²) in [5.41, 5.74) is 2.95. The molecule has 2 aromatic heterocycles. The highest BCUT2D eigenvalue weighted by Crippen LogP contribution is 2.25. The molecule has 0 bridgehead atoms. The highest BCUT2D eigenvalue weighted by Gasteiger charge is 2.15. The molecule has 5 heteroatoms. The average molecular weight is 283 g/mol. The highest BCUT2D eigenvalue weighted by atomic mass is 15.3. The molecule has 1 aliphatic heterocycles. The molecule has 0 aromatic carbocycles. The van der Waals surface area contributed by atoms with Crippen molar-refractivity contribution in [3.05, 3.63) is 18.0 Å². The first-order chi connectivity index (χ1) is 10.3. The lowest BCUT2D eigenvalue weighted by Gasteiger charge is -2.23. The molecule has 21 heavy (non-hydrogen) atoms. The molecule has 1 fully saturated rings. The van der Waals surface area contributed by atoms with Crippen LogP contribution in [0, 0.1) is 25.2 Å². The zero-order chi connectivity index (χ0) is 14.7. The summed E-state index contributed by atoms with van der Waals surface area (Å²) in [4.78, 5) is 4.43. The summed E-state index contributed by atoms with van der Waals surface area (Å²) < 4.78 is 1.79. The third-order valence-corrected chi connectivity index (χ3v) is 4.09. The van der Waals surface area contributed by atoms with Crippen LogP contribution < -0.4 is 10.6 Å². The Morgan fingerprint density at radius 1 is 1.48 bits per heavy atom. The molecule has 3 heterocycles. The molecule has 0 unspecified atom stereocenters. The monoisotopic (exact) mass is 283 g/mol. The van der Waals surface area contributed by atoms with Crippen molar-refractivity contribution < 1.29 is 0 Å². The van der Waals surface area contributed by atoms with Gasteiger partial charge in [-0.15, -0.1) is 6.42 Å². The second-order valence-corrected chi connectivity index (χ2v) is 5.58. The summed E-state index contributed by atoms with van der Waals surface area (Å²) in [6.07, 6.45) is 9.68. The summed E-state index contributed by atoms with van der Waals surface area (Å²) in [6, 6.07) is 2.03. The van der Waals surface area contributed by atoms with E-state index < -0.39 is 0 Å². The van der Waals surface area contributed by atoms with Crippen LogP contribution in [0.3, 0.4) is 0 Å². The predicted molar refractivity (Wildman–Crippen MR) is 85.2 cm³/mol. The maximum Gasteiger partial charge on any atom is 0.161 e. The Labute approximate surface area is 125 Å². The molecule has 0 aliphatic carbocycles. The molecule has 1 saturated heterocycles. The Hall–Kier alpha value is -2.06. The Balaban J connectivity index is 1.83. The van der Waals surface area contributed by atoms with Crippen molar-refractivity contribution >= 4 is 16.7 Å². The smallest absolute Gasteiger partial charge is 0.161 e. The normalized spacial score (nSPS) is 16.0. The lowest BCUT2D eigenvalue weighted by molar-refractivity contribution is 0.390. The first-order valence-corrected chi connectivity index (χ1v) is 7.49. The predicted octanol–water partition coefficient (Wildman–Crippen LogP) is 1.78. The van der Waals surface area contributed by atoms with Gasteiger partial charge in [0.1, 0.15) is 6.54 Å². The fourth-order valence-electron chi connectivity index (χ4n) is 2.97. The summed E-state index contributed by atoms with van der Waals surface area (Å²) in [6.45, 7) is 5.71. The van der Waals surface area contributed by atoms with E-state index in [0.717, 1.165) is 48.0 Å². The molecule has 0 saturated carbocycles. The van der Waals surface area contributed by atoms with E-state index in [-0.39, 0.29) is 0 Å². The Morgan fingerprint density at radius 2 is 2.29 bits per heavy atom. The van der Waals surface area contributed by atoms with E-state index in [4.69, 9.17) is 6.42 Å². The molecule has 5 nitrogen and oxygen atoms in total.